The molecule has 1 atom stereocenters. The third-order valence-corrected chi connectivity index (χ3v) is 2.65. The van der Waals surface area contributed by atoms with Gasteiger partial charge in [0.15, 0.2) is 5.69 Å². The Balaban J connectivity index is 1.89. The van der Waals surface area contributed by atoms with Gasteiger partial charge < -0.3 is 14.8 Å². The van der Waals surface area contributed by atoms with Crippen molar-refractivity contribution in [2.45, 2.75) is 25.8 Å². The van der Waals surface area contributed by atoms with Crippen molar-refractivity contribution in [1.82, 2.24) is 9.97 Å². The molecule has 0 radical (unpaired) electrons. The van der Waals surface area contributed by atoms with E-state index in [0.717, 1.165) is 18.6 Å². The fourth-order valence-corrected chi connectivity index (χ4v) is 1.65. The number of carbonyl (C=O) groups is 1. The molecule has 2 rings (SSSR count). The number of carboxylic acids is 1. The van der Waals surface area contributed by atoms with Crippen LogP contribution < -0.4 is 5.32 Å². The van der Waals surface area contributed by atoms with E-state index in [4.69, 9.17) is 9.52 Å². The first-order valence-corrected chi connectivity index (χ1v) is 6.00. The lowest BCUT2D eigenvalue weighted by atomic mass is 10.1. The van der Waals surface area contributed by atoms with Gasteiger partial charge in [-0.2, -0.15) is 0 Å². The van der Waals surface area contributed by atoms with Crippen LogP contribution in [0.15, 0.2) is 35.1 Å². The Morgan fingerprint density at radius 3 is 3.05 bits per heavy atom. The van der Waals surface area contributed by atoms with Crippen molar-refractivity contribution >= 4 is 11.9 Å². The number of carboxylic acid groups (broad SMARTS) is 1. The second kappa shape index (κ2) is 5.99. The lowest BCUT2D eigenvalue weighted by Gasteiger charge is -2.12. The van der Waals surface area contributed by atoms with Gasteiger partial charge in [-0.15, -0.1) is 0 Å². The summed E-state index contributed by atoms with van der Waals surface area (Å²) in [5, 5.41) is 11.9. The maximum atomic E-state index is 10.8. The molecule has 0 aliphatic rings. The molecular formula is C13H15N3O3. The van der Waals surface area contributed by atoms with E-state index in [1.165, 1.54) is 12.3 Å². The van der Waals surface area contributed by atoms with Gasteiger partial charge in [-0.05, 0) is 31.5 Å². The molecule has 6 nitrogen and oxygen atoms in total. The summed E-state index contributed by atoms with van der Waals surface area (Å²) in [5.74, 6) is 0.189. The summed E-state index contributed by atoms with van der Waals surface area (Å²) in [6, 6.07) is 5.26. The SMILES string of the molecule is CC(CCc1ccco1)Nc1nccc(C(=O)O)n1. The number of nitrogens with zero attached hydrogens (tertiary/aromatic N) is 2. The molecule has 2 heterocycles. The molecule has 6 heteroatoms. The minimum absolute atomic E-state index is 0.0178. The van der Waals surface area contributed by atoms with E-state index in [-0.39, 0.29) is 11.7 Å². The van der Waals surface area contributed by atoms with Crippen molar-refractivity contribution in [3.05, 3.63) is 42.1 Å². The van der Waals surface area contributed by atoms with Gasteiger partial charge in [-0.25, -0.2) is 14.8 Å². The quantitative estimate of drug-likeness (QED) is 0.828. The number of hydrogen-bond donors (Lipinski definition) is 2. The van der Waals surface area contributed by atoms with Gasteiger partial charge in [0.1, 0.15) is 5.76 Å². The Morgan fingerprint density at radius 1 is 1.53 bits per heavy atom. The van der Waals surface area contributed by atoms with E-state index in [0.29, 0.717) is 5.95 Å². The van der Waals surface area contributed by atoms with E-state index in [1.54, 1.807) is 6.26 Å². The molecule has 0 fully saturated rings. The highest BCUT2D eigenvalue weighted by molar-refractivity contribution is 5.85. The monoisotopic (exact) mass is 261 g/mol. The molecule has 0 saturated heterocycles. The van der Waals surface area contributed by atoms with Crippen molar-refractivity contribution in [2.75, 3.05) is 5.32 Å². The highest BCUT2D eigenvalue weighted by Crippen LogP contribution is 2.09. The van der Waals surface area contributed by atoms with Gasteiger partial charge in [-0.3, -0.25) is 0 Å². The Labute approximate surface area is 110 Å². The molecule has 0 amide bonds. The first-order chi connectivity index (χ1) is 9.15. The van der Waals surface area contributed by atoms with Crippen molar-refractivity contribution in [3.63, 3.8) is 0 Å². The van der Waals surface area contributed by atoms with Crippen LogP contribution in [0.5, 0.6) is 0 Å². The molecule has 0 saturated carbocycles. The van der Waals surface area contributed by atoms with Crippen LogP contribution in [0.2, 0.25) is 0 Å². The van der Waals surface area contributed by atoms with Crippen LogP contribution in [0.4, 0.5) is 5.95 Å². The molecule has 2 aromatic heterocycles. The van der Waals surface area contributed by atoms with Gasteiger partial charge in [0, 0.05) is 18.7 Å². The molecular weight excluding hydrogens is 246 g/mol. The number of hydrogen-bond acceptors (Lipinski definition) is 5. The molecule has 2 N–H and O–H groups in total. The lowest BCUT2D eigenvalue weighted by Crippen LogP contribution is -2.18. The van der Waals surface area contributed by atoms with Gasteiger partial charge >= 0.3 is 5.97 Å². The van der Waals surface area contributed by atoms with Crippen LogP contribution >= 0.6 is 0 Å². The van der Waals surface area contributed by atoms with Crippen LogP contribution in [0.25, 0.3) is 0 Å². The first-order valence-electron chi connectivity index (χ1n) is 6.00. The predicted octanol–water partition coefficient (Wildman–Crippen LogP) is 2.20. The summed E-state index contributed by atoms with van der Waals surface area (Å²) in [6.45, 7) is 1.99. The molecule has 1 unspecified atom stereocenters. The summed E-state index contributed by atoms with van der Waals surface area (Å²) in [5.41, 5.74) is -0.0178. The Morgan fingerprint density at radius 2 is 2.37 bits per heavy atom. The molecule has 19 heavy (non-hydrogen) atoms. The second-order valence-corrected chi connectivity index (χ2v) is 4.23. The third-order valence-electron chi connectivity index (χ3n) is 2.65. The molecule has 0 aliphatic heterocycles. The number of furan rings is 1. The molecule has 0 aromatic carbocycles. The number of rotatable bonds is 6. The number of anilines is 1. The number of nitrogens with one attached hydrogen (secondary N) is 1. The zero-order valence-electron chi connectivity index (χ0n) is 10.5. The van der Waals surface area contributed by atoms with Crippen molar-refractivity contribution < 1.29 is 14.3 Å². The first kappa shape index (κ1) is 13.1. The summed E-state index contributed by atoms with van der Waals surface area (Å²) in [4.78, 5) is 18.7. The average molecular weight is 261 g/mol. The highest BCUT2D eigenvalue weighted by Gasteiger charge is 2.09. The van der Waals surface area contributed by atoms with Gasteiger partial charge in [-0.1, -0.05) is 0 Å². The molecule has 0 spiro atoms. The minimum atomic E-state index is -1.06. The third kappa shape index (κ3) is 3.80. The average Bonchev–Trinajstić information content (AvgIpc) is 2.90. The van der Waals surface area contributed by atoms with Crippen LogP contribution in [-0.4, -0.2) is 27.1 Å². The molecule has 2 aromatic rings. The maximum Gasteiger partial charge on any atom is 0.354 e. The number of aromatic carboxylic acids is 1. The highest BCUT2D eigenvalue weighted by atomic mass is 16.4. The minimum Gasteiger partial charge on any atom is -0.477 e. The summed E-state index contributed by atoms with van der Waals surface area (Å²) in [7, 11) is 0. The smallest absolute Gasteiger partial charge is 0.354 e. The standard InChI is InChI=1S/C13H15N3O3/c1-9(4-5-10-3-2-8-19-10)15-13-14-7-6-11(16-13)12(17)18/h2-3,6-9H,4-5H2,1H3,(H,17,18)(H,14,15,16). The molecule has 0 aliphatic carbocycles. The van der Waals surface area contributed by atoms with Crippen molar-refractivity contribution in [1.29, 1.82) is 0 Å². The van der Waals surface area contributed by atoms with Crippen LogP contribution in [0.1, 0.15) is 29.6 Å². The van der Waals surface area contributed by atoms with Gasteiger partial charge in [0.25, 0.3) is 0 Å². The van der Waals surface area contributed by atoms with Crippen LogP contribution in [-0.2, 0) is 6.42 Å². The Hall–Kier alpha value is -2.37. The van der Waals surface area contributed by atoms with Crippen LogP contribution in [0.3, 0.4) is 0 Å². The van der Waals surface area contributed by atoms with E-state index in [9.17, 15) is 4.79 Å². The Bertz CT molecular complexity index is 540. The summed E-state index contributed by atoms with van der Waals surface area (Å²) < 4.78 is 5.25. The maximum absolute atomic E-state index is 10.8. The topological polar surface area (TPSA) is 88.2 Å². The number of aryl methyl sites for hydroxylation is 1. The van der Waals surface area contributed by atoms with Gasteiger partial charge in [0.2, 0.25) is 5.95 Å². The number of aromatic nitrogens is 2. The van der Waals surface area contributed by atoms with E-state index in [2.05, 4.69) is 15.3 Å². The lowest BCUT2D eigenvalue weighted by molar-refractivity contribution is 0.0690. The van der Waals surface area contributed by atoms with E-state index < -0.39 is 5.97 Å². The van der Waals surface area contributed by atoms with Crippen molar-refractivity contribution in [2.24, 2.45) is 0 Å². The predicted molar refractivity (Wildman–Crippen MR) is 69.1 cm³/mol. The van der Waals surface area contributed by atoms with E-state index >= 15 is 0 Å². The Kier molecular flexibility index (Phi) is 4.12. The van der Waals surface area contributed by atoms with Gasteiger partial charge in [0.05, 0.1) is 6.26 Å². The second-order valence-electron chi connectivity index (χ2n) is 4.23. The molecule has 100 valence electrons. The van der Waals surface area contributed by atoms with Crippen LogP contribution in [0, 0.1) is 0 Å². The zero-order chi connectivity index (χ0) is 13.7. The van der Waals surface area contributed by atoms with Crippen molar-refractivity contribution in [3.8, 4) is 0 Å². The largest absolute Gasteiger partial charge is 0.477 e. The zero-order valence-corrected chi connectivity index (χ0v) is 10.5. The van der Waals surface area contributed by atoms with E-state index in [1.807, 2.05) is 19.1 Å². The fraction of sp³-hybridized carbons (Fsp3) is 0.308. The normalized spacial score (nSPS) is 12.1. The molecule has 0 bridgehead atoms. The summed E-state index contributed by atoms with van der Waals surface area (Å²) in [6.07, 6.45) is 4.72. The fourth-order valence-electron chi connectivity index (χ4n) is 1.65. The summed E-state index contributed by atoms with van der Waals surface area (Å²) >= 11 is 0.